The number of hydrogen-bond donors (Lipinski definition) is 3. The molecule has 0 aromatic heterocycles. The number of esters is 1. The van der Waals surface area contributed by atoms with E-state index in [9.17, 15) is 4.79 Å². The summed E-state index contributed by atoms with van der Waals surface area (Å²) in [4.78, 5) is 10.7. The number of carbonyl (C=O) groups is 1. The fourth-order valence-corrected chi connectivity index (χ4v) is 0.843. The molecule has 108 valence electrons. The van der Waals surface area contributed by atoms with Crippen molar-refractivity contribution in [2.75, 3.05) is 26.9 Å². The maximum atomic E-state index is 10.7. The molecule has 5 nitrogen and oxygen atoms in total. The maximum Gasteiger partial charge on any atom is 0.333 e. The number of allylic oxidation sites excluding steroid dienone is 1. The van der Waals surface area contributed by atoms with Crippen LogP contribution in [0.2, 0.25) is 0 Å². The van der Waals surface area contributed by atoms with E-state index in [0.717, 1.165) is 5.57 Å². The van der Waals surface area contributed by atoms with Gasteiger partial charge >= 0.3 is 5.97 Å². The van der Waals surface area contributed by atoms with Gasteiger partial charge in [-0.15, -0.1) is 0 Å². The van der Waals surface area contributed by atoms with Crippen molar-refractivity contribution < 1.29 is 24.9 Å². The third-order valence-electron chi connectivity index (χ3n) is 3.00. The molecule has 5 heteroatoms. The zero-order valence-electron chi connectivity index (χ0n) is 12.0. The molecule has 0 rings (SSSR count). The van der Waals surface area contributed by atoms with Crippen LogP contribution in [0.3, 0.4) is 0 Å². The average molecular weight is 262 g/mol. The quantitative estimate of drug-likeness (QED) is 0.505. The summed E-state index contributed by atoms with van der Waals surface area (Å²) in [5.74, 6) is -0.241. The van der Waals surface area contributed by atoms with Crippen molar-refractivity contribution in [3.63, 3.8) is 0 Å². The molecule has 3 N–H and O–H groups in total. The summed E-state index contributed by atoms with van der Waals surface area (Å²) in [5, 5.41) is 26.0. The first kappa shape index (κ1) is 19.4. The van der Waals surface area contributed by atoms with Crippen LogP contribution in [-0.2, 0) is 9.53 Å². The second-order valence-electron chi connectivity index (χ2n) is 4.44. The molecule has 0 bridgehead atoms. The SMILES string of the molecule is CCC(CO)(CO)CO.COC(=O)C(C)=C(C)C. The van der Waals surface area contributed by atoms with Gasteiger partial charge < -0.3 is 20.1 Å². The Morgan fingerprint density at radius 3 is 1.50 bits per heavy atom. The standard InChI is InChI=1S/C7H12O2.C6H14O3/c1-5(2)6(3)7(8)9-4;1-2-6(3-7,4-8)5-9/h1-4H3;7-9H,2-5H2,1H3. The molecule has 0 aromatic carbocycles. The molecule has 0 amide bonds. The third kappa shape index (κ3) is 6.74. The Kier molecular flexibility index (Phi) is 10.9. The Bertz CT molecular complexity index is 245. The number of ether oxygens (including phenoxy) is 1. The number of aliphatic hydroxyl groups is 3. The topological polar surface area (TPSA) is 87.0 Å². The highest BCUT2D eigenvalue weighted by atomic mass is 16.5. The molecule has 0 saturated carbocycles. The Morgan fingerprint density at radius 2 is 1.44 bits per heavy atom. The Labute approximate surface area is 109 Å². The predicted octanol–water partition coefficient (Wildman–Crippen LogP) is 0.875. The summed E-state index contributed by atoms with van der Waals surface area (Å²) >= 11 is 0. The minimum absolute atomic E-state index is 0.156. The third-order valence-corrected chi connectivity index (χ3v) is 3.00. The van der Waals surface area contributed by atoms with Crippen LogP contribution in [0, 0.1) is 5.41 Å². The Morgan fingerprint density at radius 1 is 1.06 bits per heavy atom. The Balaban J connectivity index is 0. The molecule has 0 unspecified atom stereocenters. The molecular formula is C13H26O5. The highest BCUT2D eigenvalue weighted by Crippen LogP contribution is 2.18. The summed E-state index contributed by atoms with van der Waals surface area (Å²) in [6, 6.07) is 0. The molecular weight excluding hydrogens is 236 g/mol. The summed E-state index contributed by atoms with van der Waals surface area (Å²) in [6.07, 6.45) is 0.594. The minimum atomic E-state index is -0.667. The first-order valence-corrected chi connectivity index (χ1v) is 5.89. The van der Waals surface area contributed by atoms with Gasteiger partial charge in [0.25, 0.3) is 0 Å². The summed E-state index contributed by atoms with van der Waals surface area (Å²) < 4.78 is 4.48. The molecule has 0 aliphatic rings. The first-order chi connectivity index (χ1) is 8.33. The van der Waals surface area contributed by atoms with Crippen molar-refractivity contribution in [1.82, 2.24) is 0 Å². The van der Waals surface area contributed by atoms with Gasteiger partial charge in [0.15, 0.2) is 0 Å². The molecule has 0 atom stereocenters. The van der Waals surface area contributed by atoms with Crippen molar-refractivity contribution in [1.29, 1.82) is 0 Å². The van der Waals surface area contributed by atoms with Gasteiger partial charge in [-0.05, 0) is 27.2 Å². The number of methoxy groups -OCH3 is 1. The van der Waals surface area contributed by atoms with E-state index >= 15 is 0 Å². The summed E-state index contributed by atoms with van der Waals surface area (Å²) in [5.41, 5.74) is 1.03. The smallest absolute Gasteiger partial charge is 0.333 e. The van der Waals surface area contributed by atoms with Crippen LogP contribution in [0.5, 0.6) is 0 Å². The molecule has 0 spiro atoms. The lowest BCUT2D eigenvalue weighted by Gasteiger charge is -2.24. The molecule has 0 aliphatic heterocycles. The van der Waals surface area contributed by atoms with Crippen molar-refractivity contribution in [2.24, 2.45) is 5.41 Å². The largest absolute Gasteiger partial charge is 0.466 e. The fraction of sp³-hybridized carbons (Fsp3) is 0.769. The van der Waals surface area contributed by atoms with Crippen molar-refractivity contribution in [3.8, 4) is 0 Å². The van der Waals surface area contributed by atoms with Crippen molar-refractivity contribution >= 4 is 5.97 Å². The van der Waals surface area contributed by atoms with E-state index in [-0.39, 0.29) is 25.8 Å². The second kappa shape index (κ2) is 10.1. The molecule has 0 saturated heterocycles. The van der Waals surface area contributed by atoms with Gasteiger partial charge in [0.05, 0.1) is 26.9 Å². The van der Waals surface area contributed by atoms with E-state index in [4.69, 9.17) is 15.3 Å². The van der Waals surface area contributed by atoms with Gasteiger partial charge in [-0.2, -0.15) is 0 Å². The number of aliphatic hydroxyl groups excluding tert-OH is 3. The molecule has 0 fully saturated rings. The van der Waals surface area contributed by atoms with E-state index in [0.29, 0.717) is 12.0 Å². The fourth-order valence-electron chi connectivity index (χ4n) is 0.843. The summed E-state index contributed by atoms with van der Waals surface area (Å²) in [7, 11) is 1.38. The van der Waals surface area contributed by atoms with E-state index in [2.05, 4.69) is 4.74 Å². The molecule has 0 heterocycles. The van der Waals surface area contributed by atoms with Crippen LogP contribution in [-0.4, -0.2) is 48.2 Å². The molecule has 18 heavy (non-hydrogen) atoms. The lowest BCUT2D eigenvalue weighted by Crippen LogP contribution is -2.32. The van der Waals surface area contributed by atoms with Crippen LogP contribution in [0.15, 0.2) is 11.1 Å². The lowest BCUT2D eigenvalue weighted by atomic mass is 9.88. The van der Waals surface area contributed by atoms with Crippen LogP contribution >= 0.6 is 0 Å². The monoisotopic (exact) mass is 262 g/mol. The van der Waals surface area contributed by atoms with Gasteiger partial charge in [0, 0.05) is 11.0 Å². The molecule has 0 aliphatic carbocycles. The van der Waals surface area contributed by atoms with Crippen molar-refractivity contribution in [3.05, 3.63) is 11.1 Å². The first-order valence-electron chi connectivity index (χ1n) is 5.89. The van der Waals surface area contributed by atoms with Crippen LogP contribution < -0.4 is 0 Å². The number of rotatable bonds is 5. The van der Waals surface area contributed by atoms with Crippen molar-refractivity contribution in [2.45, 2.75) is 34.1 Å². The van der Waals surface area contributed by atoms with Crippen LogP contribution in [0.4, 0.5) is 0 Å². The Hall–Kier alpha value is -0.910. The van der Waals surface area contributed by atoms with E-state index in [1.165, 1.54) is 7.11 Å². The normalized spacial score (nSPS) is 10.2. The van der Waals surface area contributed by atoms with Gasteiger partial charge in [-0.1, -0.05) is 12.5 Å². The van der Waals surface area contributed by atoms with E-state index in [1.54, 1.807) is 6.92 Å². The van der Waals surface area contributed by atoms with E-state index < -0.39 is 5.41 Å². The minimum Gasteiger partial charge on any atom is -0.466 e. The number of hydrogen-bond acceptors (Lipinski definition) is 5. The second-order valence-corrected chi connectivity index (χ2v) is 4.44. The van der Waals surface area contributed by atoms with Gasteiger partial charge in [0.1, 0.15) is 0 Å². The van der Waals surface area contributed by atoms with E-state index in [1.807, 2.05) is 20.8 Å². The number of carbonyl (C=O) groups excluding carboxylic acids is 1. The summed E-state index contributed by atoms with van der Waals surface area (Å²) in [6.45, 7) is 6.87. The van der Waals surface area contributed by atoms with Crippen LogP contribution in [0.25, 0.3) is 0 Å². The zero-order chi connectivity index (χ0) is 14.8. The molecule has 0 radical (unpaired) electrons. The lowest BCUT2D eigenvalue weighted by molar-refractivity contribution is -0.136. The van der Waals surface area contributed by atoms with Crippen LogP contribution in [0.1, 0.15) is 34.1 Å². The van der Waals surface area contributed by atoms with Gasteiger partial charge in [-0.25, -0.2) is 4.79 Å². The van der Waals surface area contributed by atoms with Gasteiger partial charge in [0.2, 0.25) is 0 Å². The predicted molar refractivity (Wildman–Crippen MR) is 70.0 cm³/mol. The molecule has 0 aromatic rings. The maximum absolute atomic E-state index is 10.7. The van der Waals surface area contributed by atoms with Gasteiger partial charge in [-0.3, -0.25) is 0 Å². The highest BCUT2D eigenvalue weighted by Gasteiger charge is 2.24. The highest BCUT2D eigenvalue weighted by molar-refractivity contribution is 5.88. The average Bonchev–Trinajstić information content (AvgIpc) is 2.41. The zero-order valence-corrected chi connectivity index (χ0v) is 12.0.